The average Bonchev–Trinajstić information content (AvgIpc) is 3.11. The number of aromatic nitrogens is 2. The topological polar surface area (TPSA) is 84.0 Å². The molecule has 2 N–H and O–H groups in total. The smallest absolute Gasteiger partial charge is 0.251 e. The van der Waals surface area contributed by atoms with Crippen LogP contribution in [0.25, 0.3) is 11.4 Å². The lowest BCUT2D eigenvalue weighted by Gasteiger charge is -2.13. The molecule has 0 spiro atoms. The number of hydrogen-bond acceptors (Lipinski definition) is 5. The Morgan fingerprint density at radius 3 is 2.69 bits per heavy atom. The van der Waals surface area contributed by atoms with Gasteiger partial charge in [0.2, 0.25) is 5.91 Å². The predicted octanol–water partition coefficient (Wildman–Crippen LogP) is 3.27. The highest BCUT2D eigenvalue weighted by molar-refractivity contribution is 7.14. The van der Waals surface area contributed by atoms with E-state index in [1.54, 1.807) is 25.3 Å². The summed E-state index contributed by atoms with van der Waals surface area (Å²) >= 11 is 1.31. The summed E-state index contributed by atoms with van der Waals surface area (Å²) in [6, 6.07) is 12.1. The summed E-state index contributed by atoms with van der Waals surface area (Å²) in [5, 5.41) is 7.71. The third kappa shape index (κ3) is 4.31. The first-order valence-electron chi connectivity index (χ1n) is 8.08. The first kappa shape index (κ1) is 17.8. The number of hydrogen-bond donors (Lipinski definition) is 2. The number of nitrogens with one attached hydrogen (secondary N) is 2. The summed E-state index contributed by atoms with van der Waals surface area (Å²) in [5.41, 5.74) is 2.95. The molecule has 0 saturated heterocycles. The molecule has 0 fully saturated rings. The lowest BCUT2D eigenvalue weighted by atomic mass is 10.1. The lowest BCUT2D eigenvalue weighted by molar-refractivity contribution is -0.117. The predicted molar refractivity (Wildman–Crippen MR) is 102 cm³/mol. The van der Waals surface area contributed by atoms with Gasteiger partial charge in [-0.3, -0.25) is 14.6 Å². The van der Waals surface area contributed by atoms with Crippen molar-refractivity contribution in [2.75, 3.05) is 5.32 Å². The first-order valence-corrected chi connectivity index (χ1v) is 8.96. The minimum atomic E-state index is -0.690. The molecule has 0 unspecified atom stereocenters. The van der Waals surface area contributed by atoms with Crippen LogP contribution in [0.3, 0.4) is 0 Å². The second kappa shape index (κ2) is 7.88. The van der Waals surface area contributed by atoms with Crippen LogP contribution in [0, 0.1) is 6.92 Å². The Kier molecular flexibility index (Phi) is 5.38. The van der Waals surface area contributed by atoms with Crippen LogP contribution in [0.2, 0.25) is 0 Å². The minimum absolute atomic E-state index is 0.287. The van der Waals surface area contributed by atoms with Crippen LogP contribution in [-0.2, 0) is 4.79 Å². The third-order valence-corrected chi connectivity index (χ3v) is 4.44. The van der Waals surface area contributed by atoms with Gasteiger partial charge in [-0.25, -0.2) is 4.98 Å². The number of carbonyl (C=O) groups excluding carboxylic acids is 2. The lowest BCUT2D eigenvalue weighted by Crippen LogP contribution is -2.41. The van der Waals surface area contributed by atoms with Gasteiger partial charge < -0.3 is 10.6 Å². The zero-order valence-corrected chi connectivity index (χ0v) is 15.2. The maximum absolute atomic E-state index is 12.3. The number of aryl methyl sites for hydroxylation is 1. The van der Waals surface area contributed by atoms with Crippen molar-refractivity contribution >= 4 is 28.3 Å². The van der Waals surface area contributed by atoms with Crippen LogP contribution in [-0.4, -0.2) is 27.8 Å². The van der Waals surface area contributed by atoms with Crippen molar-refractivity contribution in [2.24, 2.45) is 0 Å². The number of thiazole rings is 1. The molecule has 26 heavy (non-hydrogen) atoms. The Balaban J connectivity index is 1.61. The van der Waals surface area contributed by atoms with Crippen LogP contribution in [0.1, 0.15) is 22.8 Å². The molecule has 2 aromatic heterocycles. The van der Waals surface area contributed by atoms with Gasteiger partial charge in [-0.15, -0.1) is 11.3 Å². The van der Waals surface area contributed by atoms with Crippen molar-refractivity contribution in [1.29, 1.82) is 0 Å². The van der Waals surface area contributed by atoms with E-state index >= 15 is 0 Å². The van der Waals surface area contributed by atoms with E-state index in [4.69, 9.17) is 0 Å². The van der Waals surface area contributed by atoms with E-state index < -0.39 is 6.04 Å². The van der Waals surface area contributed by atoms with Gasteiger partial charge in [0.05, 0.1) is 5.69 Å². The van der Waals surface area contributed by atoms with Crippen molar-refractivity contribution in [2.45, 2.75) is 19.9 Å². The molecule has 3 aromatic rings. The molecular formula is C19H18N4O2S. The van der Waals surface area contributed by atoms with Crippen LogP contribution < -0.4 is 10.6 Å². The van der Waals surface area contributed by atoms with E-state index in [1.807, 2.05) is 42.6 Å². The number of anilines is 1. The standard InChI is InChI=1S/C19H18N4O2S/c1-12-6-5-7-14(10-12)18(25)21-13(2)17(24)23-19-22-16(11-26-19)15-8-3-4-9-20-15/h3-11,13H,1-2H3,(H,21,25)(H,22,23,24)/t13-/m1/s1. The van der Waals surface area contributed by atoms with Crippen molar-refractivity contribution in [3.05, 3.63) is 65.2 Å². The number of amides is 2. The number of rotatable bonds is 5. The van der Waals surface area contributed by atoms with Crippen LogP contribution in [0.15, 0.2) is 54.0 Å². The second-order valence-electron chi connectivity index (χ2n) is 5.81. The van der Waals surface area contributed by atoms with Gasteiger partial charge in [-0.05, 0) is 38.1 Å². The molecule has 2 heterocycles. The fraction of sp³-hybridized carbons (Fsp3) is 0.158. The van der Waals surface area contributed by atoms with Gasteiger partial charge in [0.15, 0.2) is 5.13 Å². The average molecular weight is 366 g/mol. The maximum atomic E-state index is 12.3. The number of pyridine rings is 1. The molecule has 1 aromatic carbocycles. The summed E-state index contributed by atoms with van der Waals surface area (Å²) in [5.74, 6) is -0.613. The molecule has 7 heteroatoms. The van der Waals surface area contributed by atoms with Gasteiger partial charge in [0.25, 0.3) is 5.91 Å². The Morgan fingerprint density at radius 2 is 1.96 bits per heavy atom. The highest BCUT2D eigenvalue weighted by Gasteiger charge is 2.18. The van der Waals surface area contributed by atoms with Crippen LogP contribution in [0.4, 0.5) is 5.13 Å². The normalized spacial score (nSPS) is 11.6. The Hall–Kier alpha value is -3.06. The molecule has 0 aliphatic heterocycles. The Labute approximate surface area is 155 Å². The van der Waals surface area contributed by atoms with E-state index in [0.717, 1.165) is 11.3 Å². The third-order valence-electron chi connectivity index (χ3n) is 3.68. The molecule has 0 radical (unpaired) electrons. The molecule has 132 valence electrons. The maximum Gasteiger partial charge on any atom is 0.251 e. The summed E-state index contributed by atoms with van der Waals surface area (Å²) in [6.45, 7) is 3.55. The molecule has 1 atom stereocenters. The number of carbonyl (C=O) groups is 2. The summed E-state index contributed by atoms with van der Waals surface area (Å²) in [7, 11) is 0. The Morgan fingerprint density at radius 1 is 1.12 bits per heavy atom. The molecule has 0 bridgehead atoms. The minimum Gasteiger partial charge on any atom is -0.341 e. The largest absolute Gasteiger partial charge is 0.341 e. The van der Waals surface area contributed by atoms with Crippen molar-refractivity contribution in [1.82, 2.24) is 15.3 Å². The zero-order valence-electron chi connectivity index (χ0n) is 14.4. The van der Waals surface area contributed by atoms with Gasteiger partial charge in [-0.2, -0.15) is 0 Å². The molecular weight excluding hydrogens is 348 g/mol. The molecule has 0 aliphatic carbocycles. The molecule has 6 nitrogen and oxygen atoms in total. The van der Waals surface area contributed by atoms with Gasteiger partial charge in [-0.1, -0.05) is 23.8 Å². The summed E-state index contributed by atoms with van der Waals surface area (Å²) < 4.78 is 0. The second-order valence-corrected chi connectivity index (χ2v) is 6.66. The van der Waals surface area contributed by atoms with Crippen LogP contribution >= 0.6 is 11.3 Å². The van der Waals surface area contributed by atoms with Gasteiger partial charge in [0.1, 0.15) is 11.7 Å². The van der Waals surface area contributed by atoms with E-state index in [-0.39, 0.29) is 11.8 Å². The van der Waals surface area contributed by atoms with E-state index in [2.05, 4.69) is 20.6 Å². The molecule has 2 amide bonds. The number of benzene rings is 1. The molecule has 0 saturated carbocycles. The zero-order chi connectivity index (χ0) is 18.5. The van der Waals surface area contributed by atoms with E-state index in [0.29, 0.717) is 16.4 Å². The molecule has 0 aliphatic rings. The van der Waals surface area contributed by atoms with Crippen molar-refractivity contribution in [3.8, 4) is 11.4 Å². The highest BCUT2D eigenvalue weighted by atomic mass is 32.1. The van der Waals surface area contributed by atoms with Crippen LogP contribution in [0.5, 0.6) is 0 Å². The number of nitrogens with zero attached hydrogens (tertiary/aromatic N) is 2. The van der Waals surface area contributed by atoms with E-state index in [9.17, 15) is 9.59 Å². The quantitative estimate of drug-likeness (QED) is 0.726. The Bertz CT molecular complexity index is 924. The fourth-order valence-electron chi connectivity index (χ4n) is 2.31. The van der Waals surface area contributed by atoms with Gasteiger partial charge in [0, 0.05) is 17.1 Å². The SMILES string of the molecule is Cc1cccc(C(=O)N[C@H](C)C(=O)Nc2nc(-c3ccccn3)cs2)c1. The monoisotopic (exact) mass is 366 g/mol. The van der Waals surface area contributed by atoms with E-state index in [1.165, 1.54) is 11.3 Å². The highest BCUT2D eigenvalue weighted by Crippen LogP contribution is 2.23. The first-order chi connectivity index (χ1) is 12.5. The fourth-order valence-corrected chi connectivity index (χ4v) is 3.02. The van der Waals surface area contributed by atoms with Crippen molar-refractivity contribution < 1.29 is 9.59 Å². The van der Waals surface area contributed by atoms with Crippen molar-refractivity contribution in [3.63, 3.8) is 0 Å². The van der Waals surface area contributed by atoms with Gasteiger partial charge >= 0.3 is 0 Å². The summed E-state index contributed by atoms with van der Waals surface area (Å²) in [4.78, 5) is 33.2. The molecule has 3 rings (SSSR count). The summed E-state index contributed by atoms with van der Waals surface area (Å²) in [6.07, 6.45) is 1.69.